The highest BCUT2D eigenvalue weighted by Crippen LogP contribution is 2.23. The summed E-state index contributed by atoms with van der Waals surface area (Å²) in [4.78, 5) is 4.43. The summed E-state index contributed by atoms with van der Waals surface area (Å²) in [5.41, 5.74) is 8.19. The fourth-order valence-corrected chi connectivity index (χ4v) is 2.64. The van der Waals surface area contributed by atoms with Gasteiger partial charge >= 0.3 is 0 Å². The molecule has 0 bridgehead atoms. The Labute approximate surface area is 107 Å². The number of hydrogen-bond acceptors (Lipinski definition) is 3. The van der Waals surface area contributed by atoms with Gasteiger partial charge in [-0.05, 0) is 25.3 Å². The normalized spacial score (nSPS) is 23.6. The number of aromatic nitrogens is 1. The van der Waals surface area contributed by atoms with E-state index in [1.165, 1.54) is 6.42 Å². The van der Waals surface area contributed by atoms with Gasteiger partial charge in [0.25, 0.3) is 0 Å². The average Bonchev–Trinajstić information content (AvgIpc) is 2.82. The third-order valence-electron chi connectivity index (χ3n) is 3.67. The largest absolute Gasteiger partial charge is 0.372 e. The lowest BCUT2D eigenvalue weighted by Crippen LogP contribution is -2.31. The SMILES string of the molecule is N[C@H]1CCC[C@@H]1OCc1cccc2cccnc12. The van der Waals surface area contributed by atoms with E-state index in [-0.39, 0.29) is 12.1 Å². The van der Waals surface area contributed by atoms with Crippen LogP contribution in [0, 0.1) is 0 Å². The van der Waals surface area contributed by atoms with E-state index in [4.69, 9.17) is 10.5 Å². The molecule has 0 radical (unpaired) electrons. The second kappa shape index (κ2) is 5.04. The first-order valence-electron chi connectivity index (χ1n) is 6.54. The molecule has 0 aliphatic heterocycles. The highest BCUT2D eigenvalue weighted by molar-refractivity contribution is 5.81. The summed E-state index contributed by atoms with van der Waals surface area (Å²) in [7, 11) is 0. The van der Waals surface area contributed by atoms with Crippen LogP contribution >= 0.6 is 0 Å². The summed E-state index contributed by atoms with van der Waals surface area (Å²) >= 11 is 0. The van der Waals surface area contributed by atoms with E-state index in [0.29, 0.717) is 6.61 Å². The molecule has 1 heterocycles. The summed E-state index contributed by atoms with van der Waals surface area (Å²) in [5.74, 6) is 0. The van der Waals surface area contributed by atoms with Crippen LogP contribution in [-0.2, 0) is 11.3 Å². The number of nitrogens with zero attached hydrogens (tertiary/aromatic N) is 1. The standard InChI is InChI=1S/C15H18N2O/c16-13-7-2-8-14(13)18-10-12-5-1-4-11-6-3-9-17-15(11)12/h1,3-6,9,13-14H,2,7-8,10,16H2/t13-,14-/m0/s1. The van der Waals surface area contributed by atoms with Crippen LogP contribution < -0.4 is 5.73 Å². The van der Waals surface area contributed by atoms with E-state index < -0.39 is 0 Å². The third kappa shape index (κ3) is 2.24. The van der Waals surface area contributed by atoms with Gasteiger partial charge < -0.3 is 10.5 Å². The molecule has 3 nitrogen and oxygen atoms in total. The number of fused-ring (bicyclic) bond motifs is 1. The van der Waals surface area contributed by atoms with Crippen molar-refractivity contribution in [3.05, 3.63) is 42.1 Å². The van der Waals surface area contributed by atoms with Gasteiger partial charge in [0.2, 0.25) is 0 Å². The highest BCUT2D eigenvalue weighted by Gasteiger charge is 2.24. The summed E-state index contributed by atoms with van der Waals surface area (Å²) in [6.45, 7) is 0.604. The molecule has 1 aromatic heterocycles. The van der Waals surface area contributed by atoms with Crippen LogP contribution in [0.3, 0.4) is 0 Å². The van der Waals surface area contributed by atoms with Crippen molar-refractivity contribution in [2.24, 2.45) is 5.73 Å². The monoisotopic (exact) mass is 242 g/mol. The third-order valence-corrected chi connectivity index (χ3v) is 3.67. The summed E-state index contributed by atoms with van der Waals surface area (Å²) < 4.78 is 5.94. The van der Waals surface area contributed by atoms with Crippen molar-refractivity contribution in [1.29, 1.82) is 0 Å². The first-order valence-corrected chi connectivity index (χ1v) is 6.54. The Hall–Kier alpha value is -1.45. The lowest BCUT2D eigenvalue weighted by Gasteiger charge is -2.16. The zero-order valence-corrected chi connectivity index (χ0v) is 10.4. The molecule has 1 fully saturated rings. The van der Waals surface area contributed by atoms with E-state index in [2.05, 4.69) is 29.2 Å². The van der Waals surface area contributed by atoms with Crippen LogP contribution in [0.4, 0.5) is 0 Å². The van der Waals surface area contributed by atoms with Crippen LogP contribution in [0.15, 0.2) is 36.5 Å². The molecule has 3 rings (SSSR count). The molecular formula is C15H18N2O. The van der Waals surface area contributed by atoms with Crippen molar-refractivity contribution >= 4 is 10.9 Å². The molecule has 0 spiro atoms. The Balaban J connectivity index is 1.78. The molecule has 94 valence electrons. The average molecular weight is 242 g/mol. The Morgan fingerprint density at radius 3 is 2.94 bits per heavy atom. The van der Waals surface area contributed by atoms with Crippen molar-refractivity contribution in [3.8, 4) is 0 Å². The summed E-state index contributed by atoms with van der Waals surface area (Å²) in [5, 5.41) is 1.16. The van der Waals surface area contributed by atoms with Crippen LogP contribution in [0.1, 0.15) is 24.8 Å². The van der Waals surface area contributed by atoms with Crippen molar-refractivity contribution in [2.45, 2.75) is 38.0 Å². The smallest absolute Gasteiger partial charge is 0.0757 e. The van der Waals surface area contributed by atoms with E-state index in [1.54, 1.807) is 0 Å². The van der Waals surface area contributed by atoms with Crippen LogP contribution in [-0.4, -0.2) is 17.1 Å². The van der Waals surface area contributed by atoms with Gasteiger partial charge in [-0.1, -0.05) is 24.3 Å². The molecule has 0 unspecified atom stereocenters. The fraction of sp³-hybridized carbons (Fsp3) is 0.400. The van der Waals surface area contributed by atoms with Gasteiger partial charge in [-0.25, -0.2) is 0 Å². The number of benzene rings is 1. The number of nitrogens with two attached hydrogens (primary N) is 1. The van der Waals surface area contributed by atoms with Crippen LogP contribution in [0.2, 0.25) is 0 Å². The van der Waals surface area contributed by atoms with Gasteiger partial charge in [0.05, 0.1) is 18.2 Å². The van der Waals surface area contributed by atoms with Crippen LogP contribution in [0.5, 0.6) is 0 Å². The minimum absolute atomic E-state index is 0.202. The number of hydrogen-bond donors (Lipinski definition) is 1. The van der Waals surface area contributed by atoms with Gasteiger partial charge in [0.1, 0.15) is 0 Å². The predicted molar refractivity (Wildman–Crippen MR) is 72.1 cm³/mol. The van der Waals surface area contributed by atoms with Gasteiger partial charge in [-0.3, -0.25) is 4.98 Å². The maximum absolute atomic E-state index is 6.02. The van der Waals surface area contributed by atoms with Crippen molar-refractivity contribution in [2.75, 3.05) is 0 Å². The Kier molecular flexibility index (Phi) is 3.26. The zero-order chi connectivity index (χ0) is 12.4. The topological polar surface area (TPSA) is 48.1 Å². The lowest BCUT2D eigenvalue weighted by atomic mass is 10.1. The van der Waals surface area contributed by atoms with E-state index in [0.717, 1.165) is 29.3 Å². The second-order valence-corrected chi connectivity index (χ2v) is 4.94. The predicted octanol–water partition coefficient (Wildman–Crippen LogP) is 2.63. The van der Waals surface area contributed by atoms with Crippen LogP contribution in [0.25, 0.3) is 10.9 Å². The number of ether oxygens (including phenoxy) is 1. The van der Waals surface area contributed by atoms with Crippen molar-refractivity contribution in [3.63, 3.8) is 0 Å². The van der Waals surface area contributed by atoms with Gasteiger partial charge in [0.15, 0.2) is 0 Å². The summed E-state index contributed by atoms with van der Waals surface area (Å²) in [6.07, 6.45) is 5.38. The number of pyridine rings is 1. The van der Waals surface area contributed by atoms with Gasteiger partial charge in [0, 0.05) is 23.2 Å². The zero-order valence-electron chi connectivity index (χ0n) is 10.4. The summed E-state index contributed by atoms with van der Waals surface area (Å²) in [6, 6.07) is 10.4. The molecule has 1 aromatic carbocycles. The minimum Gasteiger partial charge on any atom is -0.372 e. The van der Waals surface area contributed by atoms with E-state index in [9.17, 15) is 0 Å². The maximum atomic E-state index is 6.02. The molecule has 1 saturated carbocycles. The lowest BCUT2D eigenvalue weighted by molar-refractivity contribution is 0.0363. The first-order chi connectivity index (χ1) is 8.84. The van der Waals surface area contributed by atoms with Gasteiger partial charge in [-0.15, -0.1) is 0 Å². The van der Waals surface area contributed by atoms with E-state index >= 15 is 0 Å². The molecule has 0 saturated heterocycles. The van der Waals surface area contributed by atoms with E-state index in [1.807, 2.05) is 12.3 Å². The molecule has 0 amide bonds. The molecule has 1 aliphatic rings. The Bertz CT molecular complexity index is 536. The second-order valence-electron chi connectivity index (χ2n) is 4.94. The Morgan fingerprint density at radius 2 is 2.11 bits per heavy atom. The highest BCUT2D eigenvalue weighted by atomic mass is 16.5. The molecule has 3 heteroatoms. The number of para-hydroxylation sites is 1. The quantitative estimate of drug-likeness (QED) is 0.900. The molecule has 1 aliphatic carbocycles. The van der Waals surface area contributed by atoms with Crippen molar-refractivity contribution in [1.82, 2.24) is 4.98 Å². The van der Waals surface area contributed by atoms with Crippen molar-refractivity contribution < 1.29 is 4.74 Å². The molecular weight excluding hydrogens is 224 g/mol. The fourth-order valence-electron chi connectivity index (χ4n) is 2.64. The molecule has 2 N–H and O–H groups in total. The maximum Gasteiger partial charge on any atom is 0.0757 e. The minimum atomic E-state index is 0.202. The molecule has 2 aromatic rings. The Morgan fingerprint density at radius 1 is 1.22 bits per heavy atom. The first kappa shape index (κ1) is 11.6. The molecule has 18 heavy (non-hydrogen) atoms. The molecule has 2 atom stereocenters. The van der Waals surface area contributed by atoms with Gasteiger partial charge in [-0.2, -0.15) is 0 Å². The number of rotatable bonds is 3.